The van der Waals surface area contributed by atoms with E-state index in [4.69, 9.17) is 17.3 Å². The van der Waals surface area contributed by atoms with Gasteiger partial charge in [-0.15, -0.1) is 11.3 Å². The fourth-order valence-electron chi connectivity index (χ4n) is 1.64. The topological polar surface area (TPSA) is 55.1 Å². The van der Waals surface area contributed by atoms with E-state index in [0.29, 0.717) is 22.7 Å². The number of anilines is 1. The highest BCUT2D eigenvalue weighted by atomic mass is 35.5. The van der Waals surface area contributed by atoms with Gasteiger partial charge < -0.3 is 11.1 Å². The van der Waals surface area contributed by atoms with E-state index in [2.05, 4.69) is 17.2 Å². The molecule has 0 fully saturated rings. The van der Waals surface area contributed by atoms with E-state index >= 15 is 0 Å². The summed E-state index contributed by atoms with van der Waals surface area (Å²) in [7, 11) is 0. The minimum atomic E-state index is -0.0782. The minimum absolute atomic E-state index is 0.0782. The fourth-order valence-corrected chi connectivity index (χ4v) is 2.52. The maximum atomic E-state index is 12.0. The van der Waals surface area contributed by atoms with Gasteiger partial charge in [-0.05, 0) is 29.6 Å². The lowest BCUT2D eigenvalue weighted by Crippen LogP contribution is -2.14. The molecule has 102 valence electrons. The van der Waals surface area contributed by atoms with Gasteiger partial charge in [0, 0.05) is 15.5 Å². The first-order valence-electron chi connectivity index (χ1n) is 6.00. The Labute approximate surface area is 126 Å². The standard InChI is InChI=1S/C15H13ClN2OS/c16-12-5-6-14(11(9-12)3-1-7-17)18-15(19)10-13-4-2-8-20-13/h2,4-6,8-9H,7,10,17H2,(H,18,19). The molecule has 0 bridgehead atoms. The van der Waals surface area contributed by atoms with Crippen LogP contribution >= 0.6 is 22.9 Å². The molecule has 3 nitrogen and oxygen atoms in total. The number of amides is 1. The van der Waals surface area contributed by atoms with Crippen molar-refractivity contribution in [3.05, 3.63) is 51.2 Å². The predicted molar refractivity (Wildman–Crippen MR) is 84.0 cm³/mol. The molecule has 2 aromatic rings. The number of carbonyl (C=O) groups is 1. The van der Waals surface area contributed by atoms with Crippen LogP contribution < -0.4 is 11.1 Å². The van der Waals surface area contributed by atoms with Crippen LogP contribution in [-0.2, 0) is 11.2 Å². The Kier molecular flexibility index (Phi) is 5.19. The van der Waals surface area contributed by atoms with Crippen LogP contribution in [-0.4, -0.2) is 12.5 Å². The molecule has 1 heterocycles. The Bertz CT molecular complexity index is 656. The third-order valence-corrected chi connectivity index (χ3v) is 3.61. The van der Waals surface area contributed by atoms with Gasteiger partial charge in [-0.25, -0.2) is 0 Å². The molecule has 20 heavy (non-hydrogen) atoms. The summed E-state index contributed by atoms with van der Waals surface area (Å²) in [5, 5.41) is 5.37. The average Bonchev–Trinajstić information content (AvgIpc) is 2.91. The van der Waals surface area contributed by atoms with Crippen molar-refractivity contribution in [1.82, 2.24) is 0 Å². The molecule has 0 spiro atoms. The van der Waals surface area contributed by atoms with E-state index in [-0.39, 0.29) is 12.5 Å². The molecule has 1 aromatic carbocycles. The van der Waals surface area contributed by atoms with Crippen molar-refractivity contribution in [3.63, 3.8) is 0 Å². The Morgan fingerprint density at radius 2 is 2.25 bits per heavy atom. The summed E-state index contributed by atoms with van der Waals surface area (Å²) in [5.41, 5.74) is 6.68. The monoisotopic (exact) mass is 304 g/mol. The van der Waals surface area contributed by atoms with E-state index in [1.54, 1.807) is 29.5 Å². The average molecular weight is 305 g/mol. The van der Waals surface area contributed by atoms with Crippen molar-refractivity contribution in [2.45, 2.75) is 6.42 Å². The summed E-state index contributed by atoms with van der Waals surface area (Å²) in [6.07, 6.45) is 0.351. The number of benzene rings is 1. The van der Waals surface area contributed by atoms with Crippen molar-refractivity contribution in [2.75, 3.05) is 11.9 Å². The summed E-state index contributed by atoms with van der Waals surface area (Å²) in [4.78, 5) is 13.0. The zero-order chi connectivity index (χ0) is 14.4. The van der Waals surface area contributed by atoms with Crippen LogP contribution in [0.3, 0.4) is 0 Å². The maximum Gasteiger partial charge on any atom is 0.229 e. The molecular weight excluding hydrogens is 292 g/mol. The molecule has 0 aliphatic rings. The number of rotatable bonds is 3. The largest absolute Gasteiger partial charge is 0.325 e. The van der Waals surface area contributed by atoms with Crippen LogP contribution in [0.1, 0.15) is 10.4 Å². The lowest BCUT2D eigenvalue weighted by Gasteiger charge is -2.07. The number of thiophene rings is 1. The summed E-state index contributed by atoms with van der Waals surface area (Å²) >= 11 is 7.49. The van der Waals surface area contributed by atoms with Gasteiger partial charge in [0.05, 0.1) is 18.7 Å². The second-order valence-corrected chi connectivity index (χ2v) is 5.47. The summed E-state index contributed by atoms with van der Waals surface area (Å²) in [6, 6.07) is 9.03. The molecule has 1 amide bonds. The number of nitrogens with two attached hydrogens (primary N) is 1. The molecule has 3 N–H and O–H groups in total. The van der Waals surface area contributed by atoms with Crippen molar-refractivity contribution < 1.29 is 4.79 Å². The van der Waals surface area contributed by atoms with Crippen molar-refractivity contribution in [2.24, 2.45) is 5.73 Å². The van der Waals surface area contributed by atoms with Crippen LogP contribution in [0.25, 0.3) is 0 Å². The van der Waals surface area contributed by atoms with Crippen LogP contribution in [0.15, 0.2) is 35.7 Å². The Hall–Kier alpha value is -1.80. The van der Waals surface area contributed by atoms with Gasteiger partial charge in [0.1, 0.15) is 0 Å². The van der Waals surface area contributed by atoms with Crippen LogP contribution in [0, 0.1) is 11.8 Å². The molecular formula is C15H13ClN2OS. The van der Waals surface area contributed by atoms with Gasteiger partial charge in [0.2, 0.25) is 5.91 Å². The summed E-state index contributed by atoms with van der Waals surface area (Å²) in [6.45, 7) is 0.259. The summed E-state index contributed by atoms with van der Waals surface area (Å²) < 4.78 is 0. The van der Waals surface area contributed by atoms with Crippen molar-refractivity contribution >= 4 is 34.5 Å². The SMILES string of the molecule is NCC#Cc1cc(Cl)ccc1NC(=O)Cc1cccs1. The van der Waals surface area contributed by atoms with E-state index in [1.807, 2.05) is 17.5 Å². The van der Waals surface area contributed by atoms with Gasteiger partial charge >= 0.3 is 0 Å². The molecule has 0 radical (unpaired) electrons. The van der Waals surface area contributed by atoms with E-state index < -0.39 is 0 Å². The second kappa shape index (κ2) is 7.11. The molecule has 0 saturated carbocycles. The lowest BCUT2D eigenvalue weighted by molar-refractivity contribution is -0.115. The molecule has 0 unspecified atom stereocenters. The van der Waals surface area contributed by atoms with E-state index in [0.717, 1.165) is 4.88 Å². The first kappa shape index (κ1) is 14.6. The van der Waals surface area contributed by atoms with Gasteiger partial charge in [0.25, 0.3) is 0 Å². The third kappa shape index (κ3) is 4.10. The quantitative estimate of drug-likeness (QED) is 0.857. The molecule has 1 aromatic heterocycles. The third-order valence-electron chi connectivity index (χ3n) is 2.50. The van der Waals surface area contributed by atoms with Gasteiger partial charge in [-0.2, -0.15) is 0 Å². The molecule has 5 heteroatoms. The van der Waals surface area contributed by atoms with Crippen LogP contribution in [0.5, 0.6) is 0 Å². The van der Waals surface area contributed by atoms with E-state index in [1.165, 1.54) is 0 Å². The van der Waals surface area contributed by atoms with Gasteiger partial charge in [-0.1, -0.05) is 29.5 Å². The zero-order valence-corrected chi connectivity index (χ0v) is 12.2. The maximum absolute atomic E-state index is 12.0. The molecule has 0 aliphatic heterocycles. The van der Waals surface area contributed by atoms with Crippen LogP contribution in [0.2, 0.25) is 5.02 Å². The number of halogens is 1. The highest BCUT2D eigenvalue weighted by molar-refractivity contribution is 7.10. The first-order valence-corrected chi connectivity index (χ1v) is 7.25. The molecule has 2 rings (SSSR count). The Morgan fingerprint density at radius 1 is 1.40 bits per heavy atom. The van der Waals surface area contributed by atoms with Crippen molar-refractivity contribution in [1.29, 1.82) is 0 Å². The second-order valence-electron chi connectivity index (χ2n) is 4.00. The Balaban J connectivity index is 2.14. The smallest absolute Gasteiger partial charge is 0.229 e. The normalized spacial score (nSPS) is 9.70. The zero-order valence-electron chi connectivity index (χ0n) is 10.7. The summed E-state index contributed by atoms with van der Waals surface area (Å²) in [5.74, 6) is 5.59. The van der Waals surface area contributed by atoms with E-state index in [9.17, 15) is 4.79 Å². The number of hydrogen-bond donors (Lipinski definition) is 2. The number of carbonyl (C=O) groups excluding carboxylic acids is 1. The number of nitrogens with one attached hydrogen (secondary N) is 1. The highest BCUT2D eigenvalue weighted by Crippen LogP contribution is 2.20. The number of hydrogen-bond acceptors (Lipinski definition) is 3. The van der Waals surface area contributed by atoms with Crippen molar-refractivity contribution in [3.8, 4) is 11.8 Å². The molecule has 0 aliphatic carbocycles. The molecule has 0 saturated heterocycles. The predicted octanol–water partition coefficient (Wildman–Crippen LogP) is 2.89. The highest BCUT2D eigenvalue weighted by Gasteiger charge is 2.08. The fraction of sp³-hybridized carbons (Fsp3) is 0.133. The van der Waals surface area contributed by atoms with Gasteiger partial charge in [-0.3, -0.25) is 4.79 Å². The Morgan fingerprint density at radius 3 is 2.95 bits per heavy atom. The minimum Gasteiger partial charge on any atom is -0.325 e. The first-order chi connectivity index (χ1) is 9.69. The van der Waals surface area contributed by atoms with Crippen LogP contribution in [0.4, 0.5) is 5.69 Å². The lowest BCUT2D eigenvalue weighted by atomic mass is 10.1. The molecule has 0 atom stereocenters. The van der Waals surface area contributed by atoms with Gasteiger partial charge in [0.15, 0.2) is 0 Å².